The number of halogens is 3. The van der Waals surface area contributed by atoms with Crippen LogP contribution in [0, 0.1) is 0 Å². The minimum absolute atomic E-state index is 0.179. The molecule has 0 aliphatic carbocycles. The Hall–Kier alpha value is -2.46. The number of nitrogens with zero attached hydrogens (tertiary/aromatic N) is 2. The second-order valence-corrected chi connectivity index (χ2v) is 8.56. The van der Waals surface area contributed by atoms with E-state index in [0.29, 0.717) is 17.5 Å². The summed E-state index contributed by atoms with van der Waals surface area (Å²) in [6, 6.07) is 5.67. The standard InChI is InChI=1S/C19H18F3N3O2S2/c1-11(2)17-24-13(10-28-17)8-16(26)25-18-23-9-15(29-18)7-12-3-5-14(6-4-12)27-19(20,21)22/h3-6,9-11H,7-8H2,1-2H3,(H,23,25,26). The zero-order chi connectivity index (χ0) is 21.0. The van der Waals surface area contributed by atoms with Gasteiger partial charge in [-0.2, -0.15) is 0 Å². The Morgan fingerprint density at radius 3 is 2.59 bits per heavy atom. The summed E-state index contributed by atoms with van der Waals surface area (Å²) in [5, 5.41) is 6.11. The maximum atomic E-state index is 12.2. The molecule has 0 saturated heterocycles. The normalized spacial score (nSPS) is 11.7. The van der Waals surface area contributed by atoms with E-state index >= 15 is 0 Å². The first-order valence-electron chi connectivity index (χ1n) is 8.71. The molecule has 154 valence electrons. The molecule has 0 bridgehead atoms. The molecule has 2 heterocycles. The number of hydrogen-bond acceptors (Lipinski definition) is 6. The van der Waals surface area contributed by atoms with Crippen molar-refractivity contribution in [1.82, 2.24) is 9.97 Å². The van der Waals surface area contributed by atoms with Gasteiger partial charge in [0.2, 0.25) is 5.91 Å². The molecule has 2 aromatic heterocycles. The second-order valence-electron chi connectivity index (χ2n) is 6.56. The predicted octanol–water partition coefficient (Wildman–Crippen LogP) is 5.39. The zero-order valence-electron chi connectivity index (χ0n) is 15.6. The number of alkyl halides is 3. The van der Waals surface area contributed by atoms with Crippen LogP contribution < -0.4 is 10.1 Å². The first-order valence-corrected chi connectivity index (χ1v) is 10.4. The molecule has 5 nitrogen and oxygen atoms in total. The number of carbonyl (C=O) groups is 1. The van der Waals surface area contributed by atoms with Gasteiger partial charge in [0.15, 0.2) is 5.13 Å². The maximum Gasteiger partial charge on any atom is 0.573 e. The molecular weight excluding hydrogens is 423 g/mol. The minimum atomic E-state index is -4.71. The van der Waals surface area contributed by atoms with Crippen molar-refractivity contribution in [3.05, 3.63) is 57.0 Å². The molecule has 3 aromatic rings. The third kappa shape index (κ3) is 6.53. The average molecular weight is 442 g/mol. The molecule has 0 saturated carbocycles. The molecule has 3 rings (SSSR count). The lowest BCUT2D eigenvalue weighted by molar-refractivity contribution is -0.274. The molecule has 0 aliphatic rings. The summed E-state index contributed by atoms with van der Waals surface area (Å²) in [6.07, 6.45) is -2.40. The molecule has 0 atom stereocenters. The van der Waals surface area contributed by atoms with E-state index in [4.69, 9.17) is 0 Å². The Morgan fingerprint density at radius 2 is 1.97 bits per heavy atom. The molecule has 0 spiro atoms. The van der Waals surface area contributed by atoms with E-state index in [2.05, 4.69) is 33.9 Å². The van der Waals surface area contributed by atoms with Crippen LogP contribution in [0.2, 0.25) is 0 Å². The number of anilines is 1. The molecule has 0 aliphatic heterocycles. The van der Waals surface area contributed by atoms with Gasteiger partial charge in [-0.05, 0) is 17.7 Å². The van der Waals surface area contributed by atoms with Crippen LogP contribution in [0.5, 0.6) is 5.75 Å². The van der Waals surface area contributed by atoms with E-state index in [1.54, 1.807) is 18.3 Å². The number of aromatic nitrogens is 2. The molecule has 0 fully saturated rings. The highest BCUT2D eigenvalue weighted by Crippen LogP contribution is 2.25. The van der Waals surface area contributed by atoms with Gasteiger partial charge in [-0.15, -0.1) is 35.8 Å². The zero-order valence-corrected chi connectivity index (χ0v) is 17.2. The van der Waals surface area contributed by atoms with Crippen LogP contribution in [0.25, 0.3) is 0 Å². The topological polar surface area (TPSA) is 64.1 Å². The summed E-state index contributed by atoms with van der Waals surface area (Å²) in [7, 11) is 0. The number of benzene rings is 1. The van der Waals surface area contributed by atoms with Crippen molar-refractivity contribution in [3.63, 3.8) is 0 Å². The summed E-state index contributed by atoms with van der Waals surface area (Å²) in [6.45, 7) is 4.10. The monoisotopic (exact) mass is 441 g/mol. The van der Waals surface area contributed by atoms with Gasteiger partial charge >= 0.3 is 6.36 Å². The SMILES string of the molecule is CC(C)c1nc(CC(=O)Nc2ncc(Cc3ccc(OC(F)(F)F)cc3)s2)cs1. The highest BCUT2D eigenvalue weighted by atomic mass is 32.1. The highest BCUT2D eigenvalue weighted by Gasteiger charge is 2.30. The molecule has 1 N–H and O–H groups in total. The third-order valence-electron chi connectivity index (χ3n) is 3.74. The van der Waals surface area contributed by atoms with E-state index in [-0.39, 0.29) is 18.1 Å². The number of rotatable bonds is 7. The summed E-state index contributed by atoms with van der Waals surface area (Å²) < 4.78 is 40.5. The van der Waals surface area contributed by atoms with Gasteiger partial charge in [-0.25, -0.2) is 9.97 Å². The van der Waals surface area contributed by atoms with Gasteiger partial charge in [0, 0.05) is 28.8 Å². The van der Waals surface area contributed by atoms with E-state index in [0.717, 1.165) is 21.1 Å². The lowest BCUT2D eigenvalue weighted by atomic mass is 10.1. The number of carbonyl (C=O) groups excluding carboxylic acids is 1. The first-order chi connectivity index (χ1) is 13.7. The molecule has 1 amide bonds. The van der Waals surface area contributed by atoms with Gasteiger partial charge in [0.1, 0.15) is 5.75 Å². The Balaban J connectivity index is 1.54. The minimum Gasteiger partial charge on any atom is -0.406 e. The van der Waals surface area contributed by atoms with Crippen molar-refractivity contribution >= 4 is 33.7 Å². The Morgan fingerprint density at radius 1 is 1.24 bits per heavy atom. The van der Waals surface area contributed by atoms with Crippen LogP contribution in [0.1, 0.15) is 40.9 Å². The van der Waals surface area contributed by atoms with Crippen LogP contribution >= 0.6 is 22.7 Å². The van der Waals surface area contributed by atoms with Crippen molar-refractivity contribution in [2.24, 2.45) is 0 Å². The molecule has 29 heavy (non-hydrogen) atoms. The van der Waals surface area contributed by atoms with E-state index in [9.17, 15) is 18.0 Å². The summed E-state index contributed by atoms with van der Waals surface area (Å²) >= 11 is 2.86. The molecule has 10 heteroatoms. The average Bonchev–Trinajstić information content (AvgIpc) is 3.25. The Bertz CT molecular complexity index is 966. The van der Waals surface area contributed by atoms with Crippen LogP contribution in [-0.4, -0.2) is 22.2 Å². The van der Waals surface area contributed by atoms with Crippen LogP contribution in [0.3, 0.4) is 0 Å². The van der Waals surface area contributed by atoms with Gasteiger partial charge < -0.3 is 10.1 Å². The summed E-state index contributed by atoms with van der Waals surface area (Å²) in [4.78, 5) is 21.7. The fourth-order valence-corrected chi connectivity index (χ4v) is 4.15. The number of ether oxygens (including phenoxy) is 1. The van der Waals surface area contributed by atoms with Crippen molar-refractivity contribution < 1.29 is 22.7 Å². The lowest BCUT2D eigenvalue weighted by Crippen LogP contribution is -2.17. The van der Waals surface area contributed by atoms with E-state index in [1.807, 2.05) is 5.38 Å². The number of amides is 1. The predicted molar refractivity (Wildman–Crippen MR) is 107 cm³/mol. The second kappa shape index (κ2) is 8.91. The fourth-order valence-electron chi connectivity index (χ4n) is 2.45. The van der Waals surface area contributed by atoms with Crippen molar-refractivity contribution in [2.45, 2.75) is 39.0 Å². The smallest absolute Gasteiger partial charge is 0.406 e. The molecule has 1 aromatic carbocycles. The molecule has 0 unspecified atom stereocenters. The summed E-state index contributed by atoms with van der Waals surface area (Å²) in [5.41, 5.74) is 1.54. The van der Waals surface area contributed by atoms with Crippen LogP contribution in [0.4, 0.5) is 18.3 Å². The Kier molecular flexibility index (Phi) is 6.53. The number of nitrogens with one attached hydrogen (secondary N) is 1. The van der Waals surface area contributed by atoms with Crippen molar-refractivity contribution in [3.8, 4) is 5.75 Å². The Labute approximate surface area is 173 Å². The molecule has 0 radical (unpaired) electrons. The molecular formula is C19H18F3N3O2S2. The maximum absolute atomic E-state index is 12.2. The highest BCUT2D eigenvalue weighted by molar-refractivity contribution is 7.15. The van der Waals surface area contributed by atoms with Gasteiger partial charge in [-0.3, -0.25) is 4.79 Å². The van der Waals surface area contributed by atoms with Gasteiger partial charge in [0.05, 0.1) is 17.1 Å². The quantitative estimate of drug-likeness (QED) is 0.534. The third-order valence-corrected chi connectivity index (χ3v) is 5.85. The van der Waals surface area contributed by atoms with Gasteiger partial charge in [0.25, 0.3) is 0 Å². The van der Waals surface area contributed by atoms with Crippen molar-refractivity contribution in [2.75, 3.05) is 5.32 Å². The van der Waals surface area contributed by atoms with E-state index < -0.39 is 6.36 Å². The number of hydrogen-bond donors (Lipinski definition) is 1. The van der Waals surface area contributed by atoms with Crippen LogP contribution in [0.15, 0.2) is 35.8 Å². The number of thiazole rings is 2. The first kappa shape index (κ1) is 21.3. The van der Waals surface area contributed by atoms with Gasteiger partial charge in [-0.1, -0.05) is 26.0 Å². The van der Waals surface area contributed by atoms with Crippen LogP contribution in [-0.2, 0) is 17.6 Å². The van der Waals surface area contributed by atoms with Crippen molar-refractivity contribution in [1.29, 1.82) is 0 Å². The summed E-state index contributed by atoms with van der Waals surface area (Å²) in [5.74, 6) is -0.131. The lowest BCUT2D eigenvalue weighted by Gasteiger charge is -2.08. The van der Waals surface area contributed by atoms with E-state index in [1.165, 1.54) is 34.8 Å². The fraction of sp³-hybridized carbons (Fsp3) is 0.316. The largest absolute Gasteiger partial charge is 0.573 e.